The fourth-order valence-electron chi connectivity index (χ4n) is 3.65. The summed E-state index contributed by atoms with van der Waals surface area (Å²) in [6.07, 6.45) is -3.27. The number of amides is 2. The van der Waals surface area contributed by atoms with Gasteiger partial charge in [-0.05, 0) is 29.9 Å². The Labute approximate surface area is 170 Å². The summed E-state index contributed by atoms with van der Waals surface area (Å²) in [7, 11) is 0. The predicted molar refractivity (Wildman–Crippen MR) is 106 cm³/mol. The molecule has 0 bridgehead atoms. The molecule has 1 fully saturated rings. The van der Waals surface area contributed by atoms with Crippen molar-refractivity contribution in [3.8, 4) is 0 Å². The number of carbonyl (C=O) groups is 2. The predicted octanol–water partition coefficient (Wildman–Crippen LogP) is 4.46. The van der Waals surface area contributed by atoms with E-state index in [1.165, 1.54) is 6.07 Å². The van der Waals surface area contributed by atoms with Crippen LogP contribution < -0.4 is 5.32 Å². The number of carbonyl (C=O) groups excluding carboxylic acids is 2. The molecule has 0 radical (unpaired) electrons. The van der Waals surface area contributed by atoms with Gasteiger partial charge in [0.05, 0.1) is 11.5 Å². The van der Waals surface area contributed by atoms with Crippen LogP contribution in [0.1, 0.15) is 57.6 Å². The van der Waals surface area contributed by atoms with Crippen LogP contribution in [-0.2, 0) is 15.8 Å². The van der Waals surface area contributed by atoms with Gasteiger partial charge in [-0.3, -0.25) is 9.59 Å². The number of halogens is 3. The minimum Gasteiger partial charge on any atom is -0.356 e. The SMILES string of the molecule is CC(C)CCNC(=O)C1CN(C(=O)CC(C)C)CC1c1cccc(C(F)(F)F)c1. The van der Waals surface area contributed by atoms with Crippen LogP contribution >= 0.6 is 0 Å². The molecule has 1 N–H and O–H groups in total. The number of nitrogens with zero attached hydrogens (tertiary/aromatic N) is 1. The van der Waals surface area contributed by atoms with E-state index in [0.29, 0.717) is 24.4 Å². The van der Waals surface area contributed by atoms with E-state index >= 15 is 0 Å². The van der Waals surface area contributed by atoms with E-state index in [-0.39, 0.29) is 30.8 Å². The molecular weight excluding hydrogens is 381 g/mol. The molecule has 0 aromatic heterocycles. The van der Waals surface area contributed by atoms with Crippen molar-refractivity contribution >= 4 is 11.8 Å². The smallest absolute Gasteiger partial charge is 0.356 e. The summed E-state index contributed by atoms with van der Waals surface area (Å²) in [5.41, 5.74) is -0.287. The Morgan fingerprint density at radius 3 is 2.41 bits per heavy atom. The van der Waals surface area contributed by atoms with Crippen molar-refractivity contribution in [2.24, 2.45) is 17.8 Å². The van der Waals surface area contributed by atoms with Crippen LogP contribution in [-0.4, -0.2) is 36.3 Å². The Hall–Kier alpha value is -2.05. The maximum atomic E-state index is 13.2. The molecular formula is C22H31F3N2O2. The van der Waals surface area contributed by atoms with E-state index in [0.717, 1.165) is 18.6 Å². The third-order valence-corrected chi connectivity index (χ3v) is 5.26. The standard InChI is InChI=1S/C22H31F3N2O2/c1-14(2)8-9-26-21(29)19-13-27(20(28)10-15(3)4)12-18(19)16-6-5-7-17(11-16)22(23,24)25/h5-7,11,14-15,18-19H,8-10,12-13H2,1-4H3,(H,26,29). The molecule has 4 nitrogen and oxygen atoms in total. The molecule has 1 aliphatic rings. The minimum atomic E-state index is -4.45. The molecule has 162 valence electrons. The van der Waals surface area contributed by atoms with E-state index in [4.69, 9.17) is 0 Å². The molecule has 2 rings (SSSR count). The topological polar surface area (TPSA) is 49.4 Å². The lowest BCUT2D eigenvalue weighted by Crippen LogP contribution is -2.36. The largest absolute Gasteiger partial charge is 0.416 e. The number of likely N-dealkylation sites (tertiary alicyclic amines) is 1. The van der Waals surface area contributed by atoms with E-state index < -0.39 is 23.6 Å². The third-order valence-electron chi connectivity index (χ3n) is 5.26. The highest BCUT2D eigenvalue weighted by Gasteiger charge is 2.41. The van der Waals surface area contributed by atoms with E-state index in [1.807, 2.05) is 13.8 Å². The van der Waals surface area contributed by atoms with Gasteiger partial charge in [-0.15, -0.1) is 0 Å². The number of rotatable bonds is 7. The highest BCUT2D eigenvalue weighted by Crippen LogP contribution is 2.37. The first-order valence-corrected chi connectivity index (χ1v) is 10.2. The normalized spacial score (nSPS) is 19.8. The molecule has 7 heteroatoms. The van der Waals surface area contributed by atoms with Crippen LogP contribution in [0.3, 0.4) is 0 Å². The van der Waals surface area contributed by atoms with Gasteiger partial charge in [-0.2, -0.15) is 13.2 Å². The minimum absolute atomic E-state index is 0.0607. The second kappa shape index (κ2) is 9.63. The Kier molecular flexibility index (Phi) is 7.72. The van der Waals surface area contributed by atoms with Crippen molar-refractivity contribution in [2.75, 3.05) is 19.6 Å². The molecule has 0 saturated carbocycles. The number of hydrogen-bond donors (Lipinski definition) is 1. The number of hydrogen-bond acceptors (Lipinski definition) is 2. The quantitative estimate of drug-likeness (QED) is 0.719. The average molecular weight is 412 g/mol. The molecule has 1 aliphatic heterocycles. The molecule has 1 heterocycles. The fourth-order valence-corrected chi connectivity index (χ4v) is 3.65. The molecule has 2 atom stereocenters. The lowest BCUT2D eigenvalue weighted by Gasteiger charge is -2.19. The van der Waals surface area contributed by atoms with Crippen LogP contribution in [0.5, 0.6) is 0 Å². The maximum Gasteiger partial charge on any atom is 0.416 e. The van der Waals surface area contributed by atoms with Crippen LogP contribution in [0.4, 0.5) is 13.2 Å². The van der Waals surface area contributed by atoms with Crippen molar-refractivity contribution in [3.63, 3.8) is 0 Å². The van der Waals surface area contributed by atoms with Crippen LogP contribution in [0, 0.1) is 17.8 Å². The van der Waals surface area contributed by atoms with Gasteiger partial charge in [0.25, 0.3) is 0 Å². The second-order valence-electron chi connectivity index (χ2n) is 8.71. The highest BCUT2D eigenvalue weighted by molar-refractivity contribution is 5.83. The van der Waals surface area contributed by atoms with Gasteiger partial charge in [-0.25, -0.2) is 0 Å². The fraction of sp³-hybridized carbons (Fsp3) is 0.636. The van der Waals surface area contributed by atoms with Crippen LogP contribution in [0.25, 0.3) is 0 Å². The Morgan fingerprint density at radius 1 is 1.14 bits per heavy atom. The summed E-state index contributed by atoms with van der Waals surface area (Å²) in [6.45, 7) is 9.00. The van der Waals surface area contributed by atoms with Gasteiger partial charge in [0, 0.05) is 32.0 Å². The van der Waals surface area contributed by atoms with E-state index in [1.54, 1.807) is 11.0 Å². The Morgan fingerprint density at radius 2 is 1.83 bits per heavy atom. The van der Waals surface area contributed by atoms with Gasteiger partial charge in [0.2, 0.25) is 11.8 Å². The monoisotopic (exact) mass is 412 g/mol. The molecule has 0 aliphatic carbocycles. The zero-order chi connectivity index (χ0) is 21.8. The van der Waals surface area contributed by atoms with Gasteiger partial charge in [0.1, 0.15) is 0 Å². The molecule has 2 unspecified atom stereocenters. The summed E-state index contributed by atoms with van der Waals surface area (Å²) < 4.78 is 39.5. The molecule has 1 aromatic rings. The van der Waals surface area contributed by atoms with E-state index in [9.17, 15) is 22.8 Å². The molecule has 1 aromatic carbocycles. The van der Waals surface area contributed by atoms with Crippen molar-refractivity contribution in [1.82, 2.24) is 10.2 Å². The lowest BCUT2D eigenvalue weighted by atomic mass is 9.87. The zero-order valence-corrected chi connectivity index (χ0v) is 17.6. The summed E-state index contributed by atoms with van der Waals surface area (Å²) in [6, 6.07) is 5.11. The summed E-state index contributed by atoms with van der Waals surface area (Å²) in [5, 5.41) is 2.90. The first kappa shape index (κ1) is 23.2. The van der Waals surface area contributed by atoms with Gasteiger partial charge >= 0.3 is 6.18 Å². The second-order valence-corrected chi connectivity index (χ2v) is 8.71. The summed E-state index contributed by atoms with van der Waals surface area (Å²) >= 11 is 0. The first-order chi connectivity index (χ1) is 13.5. The average Bonchev–Trinajstić information content (AvgIpc) is 3.06. The first-order valence-electron chi connectivity index (χ1n) is 10.2. The van der Waals surface area contributed by atoms with Gasteiger partial charge in [-0.1, -0.05) is 45.9 Å². The third kappa shape index (κ3) is 6.47. The van der Waals surface area contributed by atoms with Crippen LogP contribution in [0.15, 0.2) is 24.3 Å². The molecule has 2 amide bonds. The number of benzene rings is 1. The summed E-state index contributed by atoms with van der Waals surface area (Å²) in [5.74, 6) is -0.660. The van der Waals surface area contributed by atoms with Gasteiger partial charge in [0.15, 0.2) is 0 Å². The lowest BCUT2D eigenvalue weighted by molar-refractivity contribution is -0.137. The van der Waals surface area contributed by atoms with Crippen molar-refractivity contribution in [2.45, 2.75) is 52.6 Å². The molecule has 0 spiro atoms. The van der Waals surface area contributed by atoms with E-state index in [2.05, 4.69) is 19.2 Å². The van der Waals surface area contributed by atoms with Crippen molar-refractivity contribution in [3.05, 3.63) is 35.4 Å². The van der Waals surface area contributed by atoms with Gasteiger partial charge < -0.3 is 10.2 Å². The van der Waals surface area contributed by atoms with Crippen molar-refractivity contribution < 1.29 is 22.8 Å². The summed E-state index contributed by atoms with van der Waals surface area (Å²) in [4.78, 5) is 27.0. The maximum absolute atomic E-state index is 13.2. The number of nitrogens with one attached hydrogen (secondary N) is 1. The van der Waals surface area contributed by atoms with Crippen molar-refractivity contribution in [1.29, 1.82) is 0 Å². The number of alkyl halides is 3. The molecule has 29 heavy (non-hydrogen) atoms. The highest BCUT2D eigenvalue weighted by atomic mass is 19.4. The Balaban J connectivity index is 2.25. The van der Waals surface area contributed by atoms with Crippen LogP contribution in [0.2, 0.25) is 0 Å². The Bertz CT molecular complexity index is 716. The molecule has 1 saturated heterocycles. The zero-order valence-electron chi connectivity index (χ0n) is 17.6.